The lowest BCUT2D eigenvalue weighted by atomic mass is 9.90. The van der Waals surface area contributed by atoms with E-state index in [4.69, 9.17) is 15.6 Å². The summed E-state index contributed by atoms with van der Waals surface area (Å²) in [5, 5.41) is 5.71. The van der Waals surface area contributed by atoms with Gasteiger partial charge in [0, 0.05) is 11.6 Å². The number of hydrogen-bond acceptors (Lipinski definition) is 8. The van der Waals surface area contributed by atoms with Gasteiger partial charge in [0.1, 0.15) is 23.6 Å². The van der Waals surface area contributed by atoms with Crippen molar-refractivity contribution in [3.8, 4) is 17.0 Å². The van der Waals surface area contributed by atoms with Gasteiger partial charge in [-0.15, -0.1) is 0 Å². The average molecular weight is 548 g/mol. The van der Waals surface area contributed by atoms with Gasteiger partial charge in [0.25, 0.3) is 10.0 Å². The number of methoxy groups -OCH3 is 1. The average Bonchev–Trinajstić information content (AvgIpc) is 3.63. The SMILES string of the molecule is COc1cc(-c2nn(C3CCC(N4CCCC4)CC3)c3ncnc(N)c23)ccc1NS(=O)(=O)c1ccccc1. The number of nitrogens with one attached hydrogen (secondary N) is 1. The van der Waals surface area contributed by atoms with Crippen LogP contribution >= 0.6 is 0 Å². The number of rotatable bonds is 7. The van der Waals surface area contributed by atoms with Gasteiger partial charge in [-0.05, 0) is 75.9 Å². The topological polar surface area (TPSA) is 128 Å². The summed E-state index contributed by atoms with van der Waals surface area (Å²) in [6, 6.07) is 14.4. The van der Waals surface area contributed by atoms with E-state index < -0.39 is 10.0 Å². The van der Waals surface area contributed by atoms with Crippen LogP contribution in [0.4, 0.5) is 11.5 Å². The first-order valence-corrected chi connectivity index (χ1v) is 14.9. The molecule has 6 rings (SSSR count). The number of ether oxygens (including phenoxy) is 1. The number of fused-ring (bicyclic) bond motifs is 1. The number of hydrogen-bond donors (Lipinski definition) is 2. The van der Waals surface area contributed by atoms with Crippen LogP contribution in [0.15, 0.2) is 59.8 Å². The zero-order valence-electron chi connectivity index (χ0n) is 22.0. The van der Waals surface area contributed by atoms with Gasteiger partial charge in [0.05, 0.1) is 29.1 Å². The molecule has 0 spiro atoms. The lowest BCUT2D eigenvalue weighted by molar-refractivity contribution is 0.163. The molecule has 0 bridgehead atoms. The number of nitrogens with zero attached hydrogens (tertiary/aromatic N) is 5. The van der Waals surface area contributed by atoms with Crippen LogP contribution in [0.2, 0.25) is 0 Å². The number of anilines is 2. The molecule has 2 fully saturated rings. The standard InChI is InChI=1S/C28H33N7O3S/c1-38-24-17-19(9-14-23(24)33-39(36,37)22-7-3-2-4-8-22)26-25-27(29)30-18-31-28(25)35(32-26)21-12-10-20(11-13-21)34-15-5-6-16-34/h2-4,7-9,14,17-18,20-21,33H,5-6,10-13,15-16H2,1H3,(H2,29,30,31). The highest BCUT2D eigenvalue weighted by atomic mass is 32.2. The molecule has 0 atom stereocenters. The molecule has 2 aromatic carbocycles. The Morgan fingerprint density at radius 1 is 0.974 bits per heavy atom. The molecular weight excluding hydrogens is 514 g/mol. The van der Waals surface area contributed by atoms with Crippen molar-refractivity contribution in [2.75, 3.05) is 30.7 Å². The molecule has 1 saturated carbocycles. The molecule has 0 radical (unpaired) electrons. The van der Waals surface area contributed by atoms with Crippen molar-refractivity contribution in [3.63, 3.8) is 0 Å². The molecule has 0 unspecified atom stereocenters. The van der Waals surface area contributed by atoms with Gasteiger partial charge in [-0.3, -0.25) is 4.72 Å². The number of nitrogens with two attached hydrogens (primary N) is 1. The van der Waals surface area contributed by atoms with E-state index in [0.717, 1.165) is 36.9 Å². The summed E-state index contributed by atoms with van der Waals surface area (Å²) in [5.74, 6) is 0.732. The van der Waals surface area contributed by atoms with Crippen LogP contribution in [0.25, 0.3) is 22.3 Å². The minimum Gasteiger partial charge on any atom is -0.495 e. The van der Waals surface area contributed by atoms with Crippen molar-refractivity contribution in [1.82, 2.24) is 24.6 Å². The van der Waals surface area contributed by atoms with Crippen molar-refractivity contribution in [2.24, 2.45) is 0 Å². The van der Waals surface area contributed by atoms with E-state index in [9.17, 15) is 8.42 Å². The lowest BCUT2D eigenvalue weighted by Gasteiger charge is -2.34. The minimum atomic E-state index is -3.78. The van der Waals surface area contributed by atoms with Crippen LogP contribution in [-0.2, 0) is 10.0 Å². The summed E-state index contributed by atoms with van der Waals surface area (Å²) in [6.45, 7) is 2.43. The number of aromatic nitrogens is 4. The van der Waals surface area contributed by atoms with Crippen LogP contribution < -0.4 is 15.2 Å². The van der Waals surface area contributed by atoms with Crippen LogP contribution in [0.5, 0.6) is 5.75 Å². The van der Waals surface area contributed by atoms with E-state index >= 15 is 0 Å². The molecule has 1 saturated heterocycles. The molecule has 2 aliphatic rings. The Morgan fingerprint density at radius 3 is 2.41 bits per heavy atom. The normalized spacial score (nSPS) is 20.3. The summed E-state index contributed by atoms with van der Waals surface area (Å²) >= 11 is 0. The van der Waals surface area contributed by atoms with Crippen molar-refractivity contribution in [2.45, 2.75) is 55.5 Å². The zero-order chi connectivity index (χ0) is 27.0. The molecule has 11 heteroatoms. The molecule has 0 amide bonds. The van der Waals surface area contributed by atoms with Gasteiger partial charge in [-0.25, -0.2) is 23.1 Å². The Labute approximate surface area is 228 Å². The van der Waals surface area contributed by atoms with Crippen molar-refractivity contribution in [3.05, 3.63) is 54.9 Å². The van der Waals surface area contributed by atoms with E-state index in [-0.39, 0.29) is 10.9 Å². The highest BCUT2D eigenvalue weighted by Crippen LogP contribution is 2.39. The summed E-state index contributed by atoms with van der Waals surface area (Å²) in [7, 11) is -2.27. The smallest absolute Gasteiger partial charge is 0.262 e. The molecule has 1 aliphatic carbocycles. The Kier molecular flexibility index (Phi) is 6.86. The maximum Gasteiger partial charge on any atom is 0.262 e. The van der Waals surface area contributed by atoms with Crippen LogP contribution in [0.3, 0.4) is 0 Å². The summed E-state index contributed by atoms with van der Waals surface area (Å²) < 4.78 is 36.1. The van der Waals surface area contributed by atoms with E-state index in [1.807, 2.05) is 10.7 Å². The molecule has 39 heavy (non-hydrogen) atoms. The number of sulfonamides is 1. The van der Waals surface area contributed by atoms with E-state index in [2.05, 4.69) is 19.6 Å². The van der Waals surface area contributed by atoms with Crippen LogP contribution in [0, 0.1) is 0 Å². The molecule has 2 aromatic heterocycles. The summed E-state index contributed by atoms with van der Waals surface area (Å²) in [6.07, 6.45) is 8.45. The first kappa shape index (κ1) is 25.6. The van der Waals surface area contributed by atoms with Gasteiger partial charge in [-0.1, -0.05) is 24.3 Å². The molecule has 3 heterocycles. The van der Waals surface area contributed by atoms with Gasteiger partial charge >= 0.3 is 0 Å². The predicted molar refractivity (Wildman–Crippen MR) is 151 cm³/mol. The maximum atomic E-state index is 12.9. The Morgan fingerprint density at radius 2 is 1.69 bits per heavy atom. The van der Waals surface area contributed by atoms with E-state index in [1.165, 1.54) is 39.4 Å². The second-order valence-electron chi connectivity index (χ2n) is 10.3. The monoisotopic (exact) mass is 547 g/mol. The third-order valence-electron chi connectivity index (χ3n) is 7.96. The van der Waals surface area contributed by atoms with Crippen LogP contribution in [-0.4, -0.2) is 59.3 Å². The first-order chi connectivity index (χ1) is 18.9. The van der Waals surface area contributed by atoms with Gasteiger partial charge in [0.15, 0.2) is 5.65 Å². The van der Waals surface area contributed by atoms with E-state index in [1.54, 1.807) is 42.5 Å². The van der Waals surface area contributed by atoms with Crippen molar-refractivity contribution in [1.29, 1.82) is 0 Å². The molecule has 1 aliphatic heterocycles. The zero-order valence-corrected chi connectivity index (χ0v) is 22.8. The molecular formula is C28H33N7O3S. The largest absolute Gasteiger partial charge is 0.495 e. The molecule has 204 valence electrons. The van der Waals surface area contributed by atoms with Gasteiger partial charge in [-0.2, -0.15) is 5.10 Å². The Bertz CT molecular complexity index is 1580. The Hall–Kier alpha value is -3.70. The third kappa shape index (κ3) is 4.92. The minimum absolute atomic E-state index is 0.172. The fourth-order valence-electron chi connectivity index (χ4n) is 5.95. The summed E-state index contributed by atoms with van der Waals surface area (Å²) in [5.41, 5.74) is 8.80. The van der Waals surface area contributed by atoms with Gasteiger partial charge in [0.2, 0.25) is 0 Å². The highest BCUT2D eigenvalue weighted by Gasteiger charge is 2.30. The highest BCUT2D eigenvalue weighted by molar-refractivity contribution is 7.92. The number of nitrogen functional groups attached to an aromatic ring is 1. The third-order valence-corrected chi connectivity index (χ3v) is 9.34. The van der Waals surface area contributed by atoms with E-state index in [0.29, 0.717) is 34.4 Å². The fourth-order valence-corrected chi connectivity index (χ4v) is 7.04. The van der Waals surface area contributed by atoms with Gasteiger partial charge < -0.3 is 15.4 Å². The lowest BCUT2D eigenvalue weighted by Crippen LogP contribution is -2.36. The predicted octanol–water partition coefficient (Wildman–Crippen LogP) is 4.46. The van der Waals surface area contributed by atoms with Crippen LogP contribution in [0.1, 0.15) is 44.6 Å². The molecule has 4 aromatic rings. The fraction of sp³-hybridized carbons (Fsp3) is 0.393. The number of likely N-dealkylation sites (tertiary alicyclic amines) is 1. The second kappa shape index (κ2) is 10.5. The second-order valence-corrected chi connectivity index (χ2v) is 12.0. The van der Waals surface area contributed by atoms with Crippen molar-refractivity contribution >= 4 is 32.6 Å². The van der Waals surface area contributed by atoms with Crippen molar-refractivity contribution < 1.29 is 13.2 Å². The molecule has 10 nitrogen and oxygen atoms in total. The Balaban J connectivity index is 1.32. The number of benzene rings is 2. The quantitative estimate of drug-likeness (QED) is 0.347. The maximum absolute atomic E-state index is 12.9. The molecule has 3 N–H and O–H groups in total. The first-order valence-electron chi connectivity index (χ1n) is 13.4. The summed E-state index contributed by atoms with van der Waals surface area (Å²) in [4.78, 5) is 11.6.